The van der Waals surface area contributed by atoms with Crippen molar-refractivity contribution in [2.75, 3.05) is 45.4 Å². The van der Waals surface area contributed by atoms with Crippen molar-refractivity contribution in [3.63, 3.8) is 0 Å². The Labute approximate surface area is 238 Å². The SMILES string of the molecule is COC(=O)N1CCN(Cc2c(-c3ccccc3)nc3ccccc3c2C(=O)NN(C(=O)OC)c2ccccc2)CC1. The van der Waals surface area contributed by atoms with Gasteiger partial charge in [-0.2, -0.15) is 5.01 Å². The Morgan fingerprint density at radius 3 is 2.12 bits per heavy atom. The fourth-order valence-electron chi connectivity index (χ4n) is 4.98. The molecule has 1 fully saturated rings. The van der Waals surface area contributed by atoms with E-state index >= 15 is 0 Å². The lowest BCUT2D eigenvalue weighted by molar-refractivity contribution is 0.0884. The Hall–Kier alpha value is -4.96. The lowest BCUT2D eigenvalue weighted by atomic mass is 9.95. The molecule has 0 aliphatic carbocycles. The number of hydrogen-bond acceptors (Lipinski definition) is 7. The van der Waals surface area contributed by atoms with Crippen LogP contribution < -0.4 is 10.4 Å². The number of carbonyl (C=O) groups excluding carboxylic acids is 3. The van der Waals surface area contributed by atoms with Crippen LogP contribution in [-0.4, -0.2) is 73.3 Å². The largest absolute Gasteiger partial charge is 0.453 e. The van der Waals surface area contributed by atoms with Gasteiger partial charge in [0.15, 0.2) is 0 Å². The third-order valence-corrected chi connectivity index (χ3v) is 7.04. The number of pyridine rings is 1. The van der Waals surface area contributed by atoms with Gasteiger partial charge in [-0.25, -0.2) is 14.6 Å². The average molecular weight is 554 g/mol. The fourth-order valence-corrected chi connectivity index (χ4v) is 4.98. The molecule has 0 atom stereocenters. The Morgan fingerprint density at radius 2 is 1.46 bits per heavy atom. The van der Waals surface area contributed by atoms with Crippen molar-refractivity contribution in [3.05, 3.63) is 96.1 Å². The van der Waals surface area contributed by atoms with E-state index in [2.05, 4.69) is 10.3 Å². The molecule has 3 aromatic carbocycles. The minimum Gasteiger partial charge on any atom is -0.453 e. The van der Waals surface area contributed by atoms with Gasteiger partial charge in [-0.05, 0) is 18.2 Å². The van der Waals surface area contributed by atoms with Crippen molar-refractivity contribution in [3.8, 4) is 11.3 Å². The van der Waals surface area contributed by atoms with Gasteiger partial charge in [-0.15, -0.1) is 0 Å². The molecule has 5 rings (SSSR count). The van der Waals surface area contributed by atoms with Crippen molar-refractivity contribution in [2.45, 2.75) is 6.54 Å². The summed E-state index contributed by atoms with van der Waals surface area (Å²) in [4.78, 5) is 47.9. The standard InChI is InChI=1S/C31H31N5O5/c1-40-30(38)35-19-17-34(18-20-35)21-25-27(29(37)33-36(31(39)41-2)23-13-7-4-8-14-23)24-15-9-10-16-26(24)32-28(25)22-11-5-3-6-12-22/h3-16H,17-21H2,1-2H3,(H,33,37). The first kappa shape index (κ1) is 27.6. The van der Waals surface area contributed by atoms with E-state index in [0.717, 1.165) is 16.1 Å². The highest BCUT2D eigenvalue weighted by molar-refractivity contribution is 6.10. The lowest BCUT2D eigenvalue weighted by Crippen LogP contribution is -2.49. The summed E-state index contributed by atoms with van der Waals surface area (Å²) in [5, 5.41) is 1.75. The second-order valence-corrected chi connectivity index (χ2v) is 9.51. The molecule has 10 heteroatoms. The molecule has 3 amide bonds. The van der Waals surface area contributed by atoms with Crippen LogP contribution in [0.3, 0.4) is 0 Å². The highest BCUT2D eigenvalue weighted by Crippen LogP contribution is 2.32. The zero-order chi connectivity index (χ0) is 28.8. The predicted molar refractivity (Wildman–Crippen MR) is 155 cm³/mol. The third kappa shape index (κ3) is 5.97. The summed E-state index contributed by atoms with van der Waals surface area (Å²) in [5.74, 6) is -0.474. The number of amides is 3. The van der Waals surface area contributed by atoms with Crippen LogP contribution in [0.4, 0.5) is 15.3 Å². The molecule has 1 aromatic heterocycles. The number of ether oxygens (including phenoxy) is 2. The number of anilines is 1. The first-order valence-corrected chi connectivity index (χ1v) is 13.3. The van der Waals surface area contributed by atoms with E-state index in [4.69, 9.17) is 14.5 Å². The van der Waals surface area contributed by atoms with Crippen LogP contribution in [0.15, 0.2) is 84.9 Å². The average Bonchev–Trinajstić information content (AvgIpc) is 3.03. The molecule has 0 unspecified atom stereocenters. The number of rotatable bonds is 5. The van der Waals surface area contributed by atoms with E-state index in [-0.39, 0.29) is 6.09 Å². The zero-order valence-corrected chi connectivity index (χ0v) is 22.9. The molecule has 0 spiro atoms. The number of piperazine rings is 1. The molecular weight excluding hydrogens is 522 g/mol. The molecule has 10 nitrogen and oxygen atoms in total. The van der Waals surface area contributed by atoms with Crippen molar-refractivity contribution in [1.29, 1.82) is 0 Å². The van der Waals surface area contributed by atoms with Gasteiger partial charge in [0.2, 0.25) is 0 Å². The van der Waals surface area contributed by atoms with Gasteiger partial charge in [-0.3, -0.25) is 15.1 Å². The zero-order valence-electron chi connectivity index (χ0n) is 22.9. The molecule has 1 aliphatic rings. The number of aromatic nitrogens is 1. The Kier molecular flexibility index (Phi) is 8.40. The highest BCUT2D eigenvalue weighted by atomic mass is 16.5. The first-order valence-electron chi connectivity index (χ1n) is 13.3. The number of nitrogens with zero attached hydrogens (tertiary/aromatic N) is 4. The summed E-state index contributed by atoms with van der Waals surface area (Å²) >= 11 is 0. The third-order valence-electron chi connectivity index (χ3n) is 7.04. The van der Waals surface area contributed by atoms with Crippen molar-refractivity contribution in [2.24, 2.45) is 0 Å². The summed E-state index contributed by atoms with van der Waals surface area (Å²) in [6, 6.07) is 25.9. The second-order valence-electron chi connectivity index (χ2n) is 9.51. The van der Waals surface area contributed by atoms with Crippen LogP contribution in [0.25, 0.3) is 22.2 Å². The monoisotopic (exact) mass is 553 g/mol. The molecule has 4 aromatic rings. The fraction of sp³-hybridized carbons (Fsp3) is 0.226. The molecule has 41 heavy (non-hydrogen) atoms. The van der Waals surface area contributed by atoms with Crippen molar-refractivity contribution in [1.82, 2.24) is 20.2 Å². The van der Waals surface area contributed by atoms with Crippen molar-refractivity contribution < 1.29 is 23.9 Å². The molecule has 1 N–H and O–H groups in total. The lowest BCUT2D eigenvalue weighted by Gasteiger charge is -2.34. The first-order chi connectivity index (χ1) is 20.0. The van der Waals surface area contributed by atoms with Crippen LogP contribution in [0.1, 0.15) is 15.9 Å². The number of para-hydroxylation sites is 2. The van der Waals surface area contributed by atoms with Gasteiger partial charge in [0.1, 0.15) is 0 Å². The molecule has 0 saturated carbocycles. The van der Waals surface area contributed by atoms with Gasteiger partial charge < -0.3 is 14.4 Å². The van der Waals surface area contributed by atoms with E-state index in [1.165, 1.54) is 14.2 Å². The van der Waals surface area contributed by atoms with Gasteiger partial charge in [-0.1, -0.05) is 66.7 Å². The second kappa shape index (κ2) is 12.5. The Morgan fingerprint density at radius 1 is 0.829 bits per heavy atom. The van der Waals surface area contributed by atoms with E-state index < -0.39 is 12.0 Å². The number of hydrazine groups is 1. The van der Waals surface area contributed by atoms with Crippen LogP contribution in [0.2, 0.25) is 0 Å². The molecule has 210 valence electrons. The molecule has 1 aliphatic heterocycles. The maximum Gasteiger partial charge on any atom is 0.433 e. The van der Waals surface area contributed by atoms with E-state index in [9.17, 15) is 14.4 Å². The summed E-state index contributed by atoms with van der Waals surface area (Å²) in [5.41, 5.74) is 6.56. The number of fused-ring (bicyclic) bond motifs is 1. The number of methoxy groups -OCH3 is 2. The Balaban J connectivity index is 1.60. The van der Waals surface area contributed by atoms with Crippen LogP contribution >= 0.6 is 0 Å². The van der Waals surface area contributed by atoms with E-state index in [1.54, 1.807) is 29.2 Å². The number of nitrogens with one attached hydrogen (secondary N) is 1. The minimum absolute atomic E-state index is 0.356. The van der Waals surface area contributed by atoms with Gasteiger partial charge >= 0.3 is 12.2 Å². The van der Waals surface area contributed by atoms with Gasteiger partial charge in [0.25, 0.3) is 5.91 Å². The van der Waals surface area contributed by atoms with E-state index in [0.29, 0.717) is 60.6 Å². The summed E-state index contributed by atoms with van der Waals surface area (Å²) in [6.07, 6.45) is -1.09. The topological polar surface area (TPSA) is 104 Å². The molecule has 0 bridgehead atoms. The molecule has 2 heterocycles. The number of carbonyl (C=O) groups is 3. The maximum atomic E-state index is 14.2. The van der Waals surface area contributed by atoms with E-state index in [1.807, 2.05) is 60.7 Å². The summed E-state index contributed by atoms with van der Waals surface area (Å²) < 4.78 is 9.87. The van der Waals surface area contributed by atoms with Crippen LogP contribution in [0.5, 0.6) is 0 Å². The molecule has 1 saturated heterocycles. The van der Waals surface area contributed by atoms with Gasteiger partial charge in [0, 0.05) is 49.2 Å². The van der Waals surface area contributed by atoms with Crippen molar-refractivity contribution >= 4 is 34.7 Å². The quantitative estimate of drug-likeness (QED) is 0.357. The van der Waals surface area contributed by atoms with Gasteiger partial charge in [0.05, 0.1) is 36.7 Å². The highest BCUT2D eigenvalue weighted by Gasteiger charge is 2.28. The maximum absolute atomic E-state index is 14.2. The number of hydrogen-bond donors (Lipinski definition) is 1. The van der Waals surface area contributed by atoms with Crippen LogP contribution in [0, 0.1) is 0 Å². The molecular formula is C31H31N5O5. The molecule has 0 radical (unpaired) electrons. The normalized spacial score (nSPS) is 13.5. The number of benzene rings is 3. The predicted octanol–water partition coefficient (Wildman–Crippen LogP) is 4.70. The smallest absolute Gasteiger partial charge is 0.433 e. The minimum atomic E-state index is -0.730. The summed E-state index contributed by atoms with van der Waals surface area (Å²) in [7, 11) is 2.64. The van der Waals surface area contributed by atoms with Crippen LogP contribution in [-0.2, 0) is 16.0 Å². The summed E-state index contributed by atoms with van der Waals surface area (Å²) in [6.45, 7) is 2.59. The Bertz CT molecular complexity index is 1540.